The van der Waals surface area contributed by atoms with E-state index in [1.54, 1.807) is 0 Å². The van der Waals surface area contributed by atoms with Gasteiger partial charge in [0.1, 0.15) is 0 Å². The van der Waals surface area contributed by atoms with Gasteiger partial charge in [-0.1, -0.05) is 89.0 Å². The molecule has 0 radical (unpaired) electrons. The standard InChI is InChI=1S/C25H54NO6PS/c1-2-3-4-5-6-7-8-9-10-13-18-25(33(28,29)30)19-16-23-34-24-17-21-26-20-14-11-12-15-22-31-32-27/h25-27H,2-24H2,1H3,(H2,28,29,30). The topological polar surface area (TPSA) is 108 Å². The van der Waals surface area contributed by atoms with Crippen LogP contribution < -0.4 is 5.32 Å². The monoisotopic (exact) mass is 527 g/mol. The highest BCUT2D eigenvalue weighted by atomic mass is 32.2. The minimum atomic E-state index is -3.98. The summed E-state index contributed by atoms with van der Waals surface area (Å²) >= 11 is 1.89. The molecule has 206 valence electrons. The van der Waals surface area contributed by atoms with Gasteiger partial charge in [0.05, 0.1) is 12.3 Å². The maximum atomic E-state index is 11.9. The van der Waals surface area contributed by atoms with Crippen LogP contribution in [0.3, 0.4) is 0 Å². The van der Waals surface area contributed by atoms with Crippen LogP contribution >= 0.6 is 19.4 Å². The van der Waals surface area contributed by atoms with Crippen molar-refractivity contribution < 1.29 is 29.5 Å². The zero-order valence-electron chi connectivity index (χ0n) is 21.8. The van der Waals surface area contributed by atoms with Crippen LogP contribution in [0.5, 0.6) is 0 Å². The molecular formula is C25H54NO6PS. The van der Waals surface area contributed by atoms with E-state index in [1.165, 1.54) is 51.4 Å². The van der Waals surface area contributed by atoms with E-state index in [0.29, 0.717) is 19.4 Å². The molecule has 0 aliphatic heterocycles. The predicted molar refractivity (Wildman–Crippen MR) is 144 cm³/mol. The van der Waals surface area contributed by atoms with Crippen molar-refractivity contribution in [2.24, 2.45) is 0 Å². The van der Waals surface area contributed by atoms with Gasteiger partial charge in [0.2, 0.25) is 0 Å². The Kier molecular flexibility index (Phi) is 26.7. The van der Waals surface area contributed by atoms with Crippen molar-refractivity contribution in [3.8, 4) is 0 Å². The fraction of sp³-hybridized carbons (Fsp3) is 1.00. The molecule has 0 saturated heterocycles. The Morgan fingerprint density at radius 1 is 0.735 bits per heavy atom. The third-order valence-electron chi connectivity index (χ3n) is 6.22. The molecule has 0 aromatic carbocycles. The summed E-state index contributed by atoms with van der Waals surface area (Å²) in [5.74, 6) is 2.07. The summed E-state index contributed by atoms with van der Waals surface area (Å²) in [6.07, 6.45) is 20.0. The third-order valence-corrected chi connectivity index (χ3v) is 8.84. The third kappa shape index (κ3) is 25.4. The minimum Gasteiger partial charge on any atom is -0.324 e. The molecule has 9 heteroatoms. The second kappa shape index (κ2) is 26.4. The molecule has 1 unspecified atom stereocenters. The second-order valence-corrected chi connectivity index (χ2v) is 12.5. The largest absolute Gasteiger partial charge is 0.328 e. The van der Waals surface area contributed by atoms with Gasteiger partial charge in [0, 0.05) is 0 Å². The highest BCUT2D eigenvalue weighted by Crippen LogP contribution is 2.46. The van der Waals surface area contributed by atoms with Crippen molar-refractivity contribution >= 4 is 19.4 Å². The van der Waals surface area contributed by atoms with Gasteiger partial charge >= 0.3 is 7.60 Å². The zero-order chi connectivity index (χ0) is 25.2. The normalized spacial score (nSPS) is 12.9. The Morgan fingerprint density at radius 2 is 1.26 bits per heavy atom. The number of hydrogen-bond donors (Lipinski definition) is 4. The molecule has 0 fully saturated rings. The molecule has 1 atom stereocenters. The molecule has 0 spiro atoms. The Hall–Kier alpha value is 0.340. The molecule has 0 saturated carbocycles. The highest BCUT2D eigenvalue weighted by molar-refractivity contribution is 7.99. The first-order chi connectivity index (χ1) is 16.5. The van der Waals surface area contributed by atoms with E-state index in [0.717, 1.165) is 76.0 Å². The molecular weight excluding hydrogens is 473 g/mol. The fourth-order valence-corrected chi connectivity index (χ4v) is 6.06. The summed E-state index contributed by atoms with van der Waals surface area (Å²) in [5.41, 5.74) is -0.452. The van der Waals surface area contributed by atoms with E-state index >= 15 is 0 Å². The van der Waals surface area contributed by atoms with Crippen molar-refractivity contribution in [2.75, 3.05) is 31.2 Å². The van der Waals surface area contributed by atoms with E-state index in [1.807, 2.05) is 11.8 Å². The molecule has 7 nitrogen and oxygen atoms in total. The van der Waals surface area contributed by atoms with E-state index in [2.05, 4.69) is 22.2 Å². The Labute approximate surface area is 213 Å². The quantitative estimate of drug-likeness (QED) is 0.0363. The average Bonchev–Trinajstić information content (AvgIpc) is 2.80. The molecule has 0 rings (SSSR count). The van der Waals surface area contributed by atoms with Gasteiger partial charge < -0.3 is 15.1 Å². The number of thioether (sulfide) groups is 1. The summed E-state index contributed by atoms with van der Waals surface area (Å²) in [7, 11) is -3.98. The first kappa shape index (κ1) is 34.3. The summed E-state index contributed by atoms with van der Waals surface area (Å²) in [6.45, 7) is 4.70. The SMILES string of the molecule is CCCCCCCCCCCCC(CCCSCCCNCCCCCCOOO)P(=O)(O)O. The maximum Gasteiger partial charge on any atom is 0.328 e. The van der Waals surface area contributed by atoms with Gasteiger partial charge in [-0.25, -0.2) is 10.1 Å². The van der Waals surface area contributed by atoms with E-state index < -0.39 is 13.3 Å². The molecule has 0 aliphatic rings. The second-order valence-electron chi connectivity index (χ2n) is 9.38. The Balaban J connectivity index is 3.54. The summed E-state index contributed by atoms with van der Waals surface area (Å²) in [6, 6.07) is 0. The molecule has 0 bridgehead atoms. The van der Waals surface area contributed by atoms with Gasteiger partial charge in [-0.2, -0.15) is 11.8 Å². The lowest BCUT2D eigenvalue weighted by Crippen LogP contribution is -2.17. The molecule has 34 heavy (non-hydrogen) atoms. The fourth-order valence-electron chi connectivity index (χ4n) is 4.10. The Bertz CT molecular complexity index is 455. The van der Waals surface area contributed by atoms with Crippen LogP contribution in [0.25, 0.3) is 0 Å². The average molecular weight is 528 g/mol. The number of rotatable bonds is 28. The lowest BCUT2D eigenvalue weighted by atomic mass is 10.0. The lowest BCUT2D eigenvalue weighted by Gasteiger charge is -2.18. The van der Waals surface area contributed by atoms with Crippen molar-refractivity contribution in [1.82, 2.24) is 5.32 Å². The molecule has 0 aliphatic carbocycles. The van der Waals surface area contributed by atoms with Crippen molar-refractivity contribution in [3.05, 3.63) is 0 Å². The van der Waals surface area contributed by atoms with E-state index in [-0.39, 0.29) is 0 Å². The van der Waals surface area contributed by atoms with Crippen molar-refractivity contribution in [2.45, 2.75) is 128 Å². The zero-order valence-corrected chi connectivity index (χ0v) is 23.5. The minimum absolute atomic E-state index is 0.426. The van der Waals surface area contributed by atoms with Gasteiger partial charge in [-0.15, -0.1) is 0 Å². The Morgan fingerprint density at radius 3 is 1.91 bits per heavy atom. The molecule has 0 heterocycles. The van der Waals surface area contributed by atoms with Crippen LogP contribution in [0.15, 0.2) is 0 Å². The lowest BCUT2D eigenvalue weighted by molar-refractivity contribution is -0.490. The summed E-state index contributed by atoms with van der Waals surface area (Å²) < 4.78 is 11.9. The van der Waals surface area contributed by atoms with Crippen LogP contribution in [0, 0.1) is 0 Å². The number of hydrogen-bond acceptors (Lipinski definition) is 6. The molecule has 4 N–H and O–H groups in total. The maximum absolute atomic E-state index is 11.9. The summed E-state index contributed by atoms with van der Waals surface area (Å²) in [5, 5.41) is 15.1. The van der Waals surface area contributed by atoms with Crippen molar-refractivity contribution in [3.63, 3.8) is 0 Å². The smallest absolute Gasteiger partial charge is 0.324 e. The van der Waals surface area contributed by atoms with Gasteiger partial charge in [-0.05, 0) is 63.1 Å². The first-order valence-corrected chi connectivity index (χ1v) is 16.6. The van der Waals surface area contributed by atoms with Crippen LogP contribution in [-0.4, -0.2) is 51.9 Å². The molecule has 0 aromatic heterocycles. The van der Waals surface area contributed by atoms with Gasteiger partial charge in [0.15, 0.2) is 0 Å². The van der Waals surface area contributed by atoms with Crippen molar-refractivity contribution in [1.29, 1.82) is 0 Å². The molecule has 0 amide bonds. The highest BCUT2D eigenvalue weighted by Gasteiger charge is 2.27. The van der Waals surface area contributed by atoms with Crippen LogP contribution in [0.4, 0.5) is 0 Å². The predicted octanol–water partition coefficient (Wildman–Crippen LogP) is 7.32. The van der Waals surface area contributed by atoms with Crippen LogP contribution in [-0.2, 0) is 14.5 Å². The van der Waals surface area contributed by atoms with E-state index in [4.69, 9.17) is 5.26 Å². The first-order valence-electron chi connectivity index (χ1n) is 13.8. The van der Waals surface area contributed by atoms with Crippen LogP contribution in [0.1, 0.15) is 122 Å². The summed E-state index contributed by atoms with van der Waals surface area (Å²) in [4.78, 5) is 23.8. The van der Waals surface area contributed by atoms with Crippen LogP contribution in [0.2, 0.25) is 0 Å². The van der Waals surface area contributed by atoms with E-state index in [9.17, 15) is 14.4 Å². The van der Waals surface area contributed by atoms with Gasteiger partial charge in [0.25, 0.3) is 0 Å². The van der Waals surface area contributed by atoms with Gasteiger partial charge in [-0.3, -0.25) is 4.57 Å². The number of unbranched alkanes of at least 4 members (excludes halogenated alkanes) is 12. The molecule has 0 aromatic rings. The number of nitrogens with one attached hydrogen (secondary N) is 1.